The van der Waals surface area contributed by atoms with Crippen LogP contribution >= 0.6 is 0 Å². The zero-order chi connectivity index (χ0) is 11.6. The molecule has 1 heterocycles. The molecule has 0 amide bonds. The molecule has 2 aliphatic rings. The average molecular weight is 225 g/mol. The Bertz CT molecular complexity index is 223. The summed E-state index contributed by atoms with van der Waals surface area (Å²) in [7, 11) is 2.18. The van der Waals surface area contributed by atoms with Crippen molar-refractivity contribution >= 4 is 0 Å². The highest BCUT2D eigenvalue weighted by Crippen LogP contribution is 2.39. The van der Waals surface area contributed by atoms with E-state index in [2.05, 4.69) is 18.9 Å². The Kier molecular flexibility index (Phi) is 3.91. The van der Waals surface area contributed by atoms with Gasteiger partial charge in [0.25, 0.3) is 0 Å². The number of piperidine rings is 1. The summed E-state index contributed by atoms with van der Waals surface area (Å²) in [5, 5.41) is 10.9. The molecule has 94 valence electrons. The Balaban J connectivity index is 2.00. The summed E-state index contributed by atoms with van der Waals surface area (Å²) in [6.07, 6.45) is 9.89. The van der Waals surface area contributed by atoms with E-state index in [9.17, 15) is 5.11 Å². The molecule has 0 aromatic heterocycles. The molecule has 1 saturated carbocycles. The van der Waals surface area contributed by atoms with Crippen molar-refractivity contribution in [1.82, 2.24) is 4.90 Å². The second-order valence-electron chi connectivity index (χ2n) is 6.08. The zero-order valence-corrected chi connectivity index (χ0v) is 10.9. The van der Waals surface area contributed by atoms with E-state index >= 15 is 0 Å². The van der Waals surface area contributed by atoms with E-state index in [4.69, 9.17) is 0 Å². The molecule has 2 nitrogen and oxygen atoms in total. The normalized spacial score (nSPS) is 39.6. The van der Waals surface area contributed by atoms with Gasteiger partial charge in [0.1, 0.15) is 0 Å². The highest BCUT2D eigenvalue weighted by Gasteiger charge is 2.41. The average Bonchev–Trinajstić information content (AvgIpc) is 2.53. The van der Waals surface area contributed by atoms with E-state index in [0.29, 0.717) is 12.0 Å². The van der Waals surface area contributed by atoms with Gasteiger partial charge in [-0.3, -0.25) is 0 Å². The predicted molar refractivity (Wildman–Crippen MR) is 67.5 cm³/mol. The quantitative estimate of drug-likeness (QED) is 0.694. The third-order valence-corrected chi connectivity index (χ3v) is 4.91. The van der Waals surface area contributed by atoms with Crippen LogP contribution in [0.3, 0.4) is 0 Å². The van der Waals surface area contributed by atoms with E-state index in [1.165, 1.54) is 38.5 Å². The van der Waals surface area contributed by atoms with Gasteiger partial charge in [-0.1, -0.05) is 25.7 Å². The summed E-state index contributed by atoms with van der Waals surface area (Å²) in [6, 6.07) is 0.544. The second kappa shape index (κ2) is 5.05. The Morgan fingerprint density at radius 2 is 1.75 bits per heavy atom. The molecule has 0 aromatic carbocycles. The zero-order valence-electron chi connectivity index (χ0n) is 10.9. The lowest BCUT2D eigenvalue weighted by atomic mass is 9.74. The van der Waals surface area contributed by atoms with Crippen LogP contribution in [0.2, 0.25) is 0 Å². The van der Waals surface area contributed by atoms with Crippen molar-refractivity contribution in [3.05, 3.63) is 0 Å². The lowest BCUT2D eigenvalue weighted by molar-refractivity contribution is -0.0832. The molecule has 2 atom stereocenters. The molecule has 1 aliphatic heterocycles. The third-order valence-electron chi connectivity index (χ3n) is 4.91. The number of aliphatic hydroxyl groups is 1. The minimum absolute atomic E-state index is 0.351. The minimum Gasteiger partial charge on any atom is -0.389 e. The molecule has 2 rings (SSSR count). The molecule has 0 spiro atoms. The van der Waals surface area contributed by atoms with Crippen LogP contribution in [0.1, 0.15) is 58.3 Å². The van der Waals surface area contributed by atoms with Crippen LogP contribution in [0.4, 0.5) is 0 Å². The van der Waals surface area contributed by atoms with Gasteiger partial charge in [-0.15, -0.1) is 0 Å². The Morgan fingerprint density at radius 1 is 1.12 bits per heavy atom. The molecule has 1 aliphatic carbocycles. The fourth-order valence-corrected chi connectivity index (χ4v) is 3.55. The van der Waals surface area contributed by atoms with Crippen molar-refractivity contribution < 1.29 is 5.11 Å². The SMILES string of the molecule is CC1CC(O)(C2CCCCCC2)CCN1C. The van der Waals surface area contributed by atoms with Crippen LogP contribution in [0.5, 0.6) is 0 Å². The van der Waals surface area contributed by atoms with Gasteiger partial charge < -0.3 is 10.0 Å². The van der Waals surface area contributed by atoms with E-state index in [-0.39, 0.29) is 5.60 Å². The Hall–Kier alpha value is -0.0800. The first-order valence-electron chi connectivity index (χ1n) is 7.04. The van der Waals surface area contributed by atoms with Gasteiger partial charge in [0.15, 0.2) is 0 Å². The van der Waals surface area contributed by atoms with E-state index < -0.39 is 0 Å². The molecule has 16 heavy (non-hydrogen) atoms. The number of hydrogen-bond acceptors (Lipinski definition) is 2. The molecular formula is C14H27NO. The Morgan fingerprint density at radius 3 is 2.31 bits per heavy atom. The Labute approximate surface area is 100 Å². The molecule has 2 fully saturated rings. The first kappa shape index (κ1) is 12.4. The summed E-state index contributed by atoms with van der Waals surface area (Å²) in [4.78, 5) is 2.38. The first-order valence-corrected chi connectivity index (χ1v) is 7.04. The van der Waals surface area contributed by atoms with Crippen LogP contribution in [-0.2, 0) is 0 Å². The van der Waals surface area contributed by atoms with Crippen molar-refractivity contribution in [2.24, 2.45) is 5.92 Å². The van der Waals surface area contributed by atoms with Gasteiger partial charge >= 0.3 is 0 Å². The highest BCUT2D eigenvalue weighted by molar-refractivity contribution is 4.94. The molecule has 1 N–H and O–H groups in total. The maximum Gasteiger partial charge on any atom is 0.0702 e. The van der Waals surface area contributed by atoms with Gasteiger partial charge in [0.2, 0.25) is 0 Å². The maximum atomic E-state index is 10.9. The third kappa shape index (κ3) is 2.60. The van der Waals surface area contributed by atoms with Gasteiger partial charge in [0, 0.05) is 12.6 Å². The molecule has 0 radical (unpaired) electrons. The van der Waals surface area contributed by atoms with Crippen LogP contribution < -0.4 is 0 Å². The summed E-state index contributed by atoms with van der Waals surface area (Å²) in [5.74, 6) is 0.575. The van der Waals surface area contributed by atoms with Crippen molar-refractivity contribution in [2.75, 3.05) is 13.6 Å². The lowest BCUT2D eigenvalue weighted by Crippen LogP contribution is -2.51. The minimum atomic E-state index is -0.351. The maximum absolute atomic E-state index is 10.9. The van der Waals surface area contributed by atoms with E-state index in [1.807, 2.05) is 0 Å². The van der Waals surface area contributed by atoms with Crippen LogP contribution in [0, 0.1) is 5.92 Å². The number of rotatable bonds is 1. The lowest BCUT2D eigenvalue weighted by Gasteiger charge is -2.45. The van der Waals surface area contributed by atoms with E-state index in [0.717, 1.165) is 19.4 Å². The topological polar surface area (TPSA) is 23.5 Å². The van der Waals surface area contributed by atoms with Gasteiger partial charge in [-0.05, 0) is 45.6 Å². The molecule has 2 heteroatoms. The van der Waals surface area contributed by atoms with Crippen LogP contribution in [-0.4, -0.2) is 35.2 Å². The monoisotopic (exact) mass is 225 g/mol. The van der Waals surface area contributed by atoms with Crippen molar-refractivity contribution in [3.63, 3.8) is 0 Å². The highest BCUT2D eigenvalue weighted by atomic mass is 16.3. The largest absolute Gasteiger partial charge is 0.389 e. The van der Waals surface area contributed by atoms with Crippen LogP contribution in [0.15, 0.2) is 0 Å². The number of nitrogens with zero attached hydrogens (tertiary/aromatic N) is 1. The fraction of sp³-hybridized carbons (Fsp3) is 1.00. The number of hydrogen-bond donors (Lipinski definition) is 1. The first-order chi connectivity index (χ1) is 7.62. The standard InChI is InChI=1S/C14H27NO/c1-12-11-14(16,9-10-15(12)2)13-7-5-3-4-6-8-13/h12-13,16H,3-11H2,1-2H3. The van der Waals surface area contributed by atoms with E-state index in [1.54, 1.807) is 0 Å². The molecule has 1 saturated heterocycles. The van der Waals surface area contributed by atoms with Gasteiger partial charge in [0.05, 0.1) is 5.60 Å². The molecular weight excluding hydrogens is 198 g/mol. The number of likely N-dealkylation sites (tertiary alicyclic amines) is 1. The predicted octanol–water partition coefficient (Wildman–Crippen LogP) is 2.80. The smallest absolute Gasteiger partial charge is 0.0702 e. The second-order valence-corrected chi connectivity index (χ2v) is 6.08. The van der Waals surface area contributed by atoms with Crippen LogP contribution in [0.25, 0.3) is 0 Å². The molecule has 2 unspecified atom stereocenters. The van der Waals surface area contributed by atoms with Gasteiger partial charge in [-0.2, -0.15) is 0 Å². The summed E-state index contributed by atoms with van der Waals surface area (Å²) < 4.78 is 0. The van der Waals surface area contributed by atoms with Crippen molar-refractivity contribution in [3.8, 4) is 0 Å². The fourth-order valence-electron chi connectivity index (χ4n) is 3.55. The molecule has 0 bridgehead atoms. The summed E-state index contributed by atoms with van der Waals surface area (Å²) in [5.41, 5.74) is -0.351. The van der Waals surface area contributed by atoms with Gasteiger partial charge in [-0.25, -0.2) is 0 Å². The summed E-state index contributed by atoms with van der Waals surface area (Å²) >= 11 is 0. The van der Waals surface area contributed by atoms with Crippen molar-refractivity contribution in [2.45, 2.75) is 69.9 Å². The van der Waals surface area contributed by atoms with Crippen molar-refractivity contribution in [1.29, 1.82) is 0 Å². The molecule has 0 aromatic rings. The summed E-state index contributed by atoms with van der Waals surface area (Å²) in [6.45, 7) is 3.31.